The highest BCUT2D eigenvalue weighted by Crippen LogP contribution is 2.41. The molecule has 0 radical (unpaired) electrons. The molecule has 26 heavy (non-hydrogen) atoms. The molecule has 2 rings (SSSR count). The van der Waals surface area contributed by atoms with E-state index in [0.717, 1.165) is 26.2 Å². The van der Waals surface area contributed by atoms with Crippen LogP contribution in [0.2, 0.25) is 0 Å². The molecule has 1 aromatic heterocycles. The highest BCUT2D eigenvalue weighted by molar-refractivity contribution is 7.90. The van der Waals surface area contributed by atoms with Gasteiger partial charge in [0.05, 0.1) is 5.41 Å². The standard InChI is InChI=1S/C18H20F3NO3S/c1-10-8-12(17(3,4)18(19,20)21)6-7-13(10)14-9-15(23)16(11(2)22-14)26(5,24)25/h6-9H,1-5H3,(H,22,23). The third kappa shape index (κ3) is 3.56. The smallest absolute Gasteiger partial charge is 0.357 e. The van der Waals surface area contributed by atoms with Crippen LogP contribution in [0.25, 0.3) is 11.3 Å². The Labute approximate surface area is 150 Å². The van der Waals surface area contributed by atoms with Crippen molar-refractivity contribution in [3.8, 4) is 11.3 Å². The maximum absolute atomic E-state index is 13.2. The number of halogens is 3. The van der Waals surface area contributed by atoms with E-state index in [0.29, 0.717) is 16.8 Å². The first-order chi connectivity index (χ1) is 11.7. The molecular weight excluding hydrogens is 367 g/mol. The molecule has 142 valence electrons. The number of alkyl halides is 3. The van der Waals surface area contributed by atoms with Crippen LogP contribution in [-0.2, 0) is 15.3 Å². The number of benzene rings is 1. The molecule has 0 bridgehead atoms. The largest absolute Gasteiger partial charge is 0.397 e. The summed E-state index contributed by atoms with van der Waals surface area (Å²) in [6, 6.07) is 5.46. The Kier molecular flexibility index (Phi) is 4.87. The van der Waals surface area contributed by atoms with Crippen molar-refractivity contribution in [2.45, 2.75) is 44.2 Å². The van der Waals surface area contributed by atoms with Gasteiger partial charge in [-0.3, -0.25) is 4.79 Å². The van der Waals surface area contributed by atoms with Crippen molar-refractivity contribution in [1.82, 2.24) is 4.98 Å². The lowest BCUT2D eigenvalue weighted by atomic mass is 9.82. The molecule has 0 fully saturated rings. The second kappa shape index (κ2) is 6.26. The van der Waals surface area contributed by atoms with E-state index < -0.39 is 26.9 Å². The predicted molar refractivity (Wildman–Crippen MR) is 94.2 cm³/mol. The third-order valence-corrected chi connectivity index (χ3v) is 5.73. The molecule has 1 heterocycles. The molecule has 2 aromatic rings. The second-order valence-corrected chi connectivity index (χ2v) is 8.88. The van der Waals surface area contributed by atoms with Crippen molar-refractivity contribution in [1.29, 1.82) is 0 Å². The van der Waals surface area contributed by atoms with E-state index in [4.69, 9.17) is 0 Å². The van der Waals surface area contributed by atoms with E-state index in [1.54, 1.807) is 6.92 Å². The van der Waals surface area contributed by atoms with Gasteiger partial charge < -0.3 is 4.98 Å². The fourth-order valence-electron chi connectivity index (χ4n) is 2.80. The van der Waals surface area contributed by atoms with Gasteiger partial charge in [-0.15, -0.1) is 0 Å². The SMILES string of the molecule is Cc1cc(C(C)(C)C(F)(F)F)ccc1-c1cc(=O)c(S(C)(=O)=O)c(C)[nH]1. The highest BCUT2D eigenvalue weighted by Gasteiger charge is 2.48. The summed E-state index contributed by atoms with van der Waals surface area (Å²) in [6.45, 7) is 5.32. The second-order valence-electron chi connectivity index (χ2n) is 6.93. The van der Waals surface area contributed by atoms with E-state index in [1.165, 1.54) is 25.1 Å². The molecule has 0 aliphatic rings. The molecular formula is C18H20F3NO3S. The van der Waals surface area contributed by atoms with Crippen molar-refractivity contribution < 1.29 is 21.6 Å². The summed E-state index contributed by atoms with van der Waals surface area (Å²) in [5.74, 6) is 0. The molecule has 0 amide bonds. The number of hydrogen-bond donors (Lipinski definition) is 1. The minimum absolute atomic E-state index is 0.109. The Morgan fingerprint density at radius 2 is 1.62 bits per heavy atom. The van der Waals surface area contributed by atoms with Crippen molar-refractivity contribution in [2.24, 2.45) is 0 Å². The third-order valence-electron chi connectivity index (χ3n) is 4.48. The Balaban J connectivity index is 2.61. The molecule has 4 nitrogen and oxygen atoms in total. The number of aromatic amines is 1. The summed E-state index contributed by atoms with van der Waals surface area (Å²) in [4.78, 5) is 14.8. The van der Waals surface area contributed by atoms with Crippen molar-refractivity contribution >= 4 is 9.84 Å². The summed E-state index contributed by atoms with van der Waals surface area (Å²) in [5.41, 5.74) is -0.938. The number of nitrogens with one attached hydrogen (secondary N) is 1. The van der Waals surface area contributed by atoms with Crippen molar-refractivity contribution in [3.63, 3.8) is 0 Å². The van der Waals surface area contributed by atoms with Crippen LogP contribution in [0.5, 0.6) is 0 Å². The molecule has 0 aliphatic carbocycles. The monoisotopic (exact) mass is 387 g/mol. The Morgan fingerprint density at radius 3 is 2.04 bits per heavy atom. The van der Waals surface area contributed by atoms with Crippen LogP contribution in [0.3, 0.4) is 0 Å². The average molecular weight is 387 g/mol. The molecule has 0 saturated heterocycles. The molecule has 0 unspecified atom stereocenters. The van der Waals surface area contributed by atoms with Crippen LogP contribution in [0.4, 0.5) is 13.2 Å². The van der Waals surface area contributed by atoms with Gasteiger partial charge in [0.1, 0.15) is 4.90 Å². The molecule has 0 atom stereocenters. The minimum Gasteiger partial charge on any atom is -0.357 e. The van der Waals surface area contributed by atoms with E-state index in [9.17, 15) is 26.4 Å². The topological polar surface area (TPSA) is 67.0 Å². The summed E-state index contributed by atoms with van der Waals surface area (Å²) in [5, 5.41) is 0. The number of sulfone groups is 1. The minimum atomic E-state index is -4.40. The Bertz CT molecular complexity index is 1020. The first-order valence-corrected chi connectivity index (χ1v) is 9.67. The van der Waals surface area contributed by atoms with Crippen LogP contribution >= 0.6 is 0 Å². The van der Waals surface area contributed by atoms with Gasteiger partial charge in [0.2, 0.25) is 5.43 Å². The maximum Gasteiger partial charge on any atom is 0.397 e. The molecule has 0 spiro atoms. The first-order valence-electron chi connectivity index (χ1n) is 7.78. The number of H-pyrrole nitrogens is 1. The van der Waals surface area contributed by atoms with Crippen molar-refractivity contribution in [3.05, 3.63) is 51.3 Å². The number of rotatable bonds is 3. The molecule has 0 aliphatic heterocycles. The number of aryl methyl sites for hydroxylation is 2. The zero-order chi connectivity index (χ0) is 20.1. The van der Waals surface area contributed by atoms with E-state index in [1.807, 2.05) is 0 Å². The highest BCUT2D eigenvalue weighted by atomic mass is 32.2. The van der Waals surface area contributed by atoms with Crippen LogP contribution in [0, 0.1) is 13.8 Å². The summed E-state index contributed by atoms with van der Waals surface area (Å²) in [7, 11) is -3.68. The summed E-state index contributed by atoms with van der Waals surface area (Å²) in [6.07, 6.45) is -3.45. The number of pyridine rings is 1. The van der Waals surface area contributed by atoms with Crippen molar-refractivity contribution in [2.75, 3.05) is 6.26 Å². The molecule has 8 heteroatoms. The normalized spacial score (nSPS) is 13.1. The molecule has 1 aromatic carbocycles. The zero-order valence-corrected chi connectivity index (χ0v) is 15.9. The summed E-state index contributed by atoms with van der Waals surface area (Å²) < 4.78 is 63.1. The predicted octanol–water partition coefficient (Wildman–Crippen LogP) is 3.90. The maximum atomic E-state index is 13.2. The van der Waals surface area contributed by atoms with E-state index in [2.05, 4.69) is 4.98 Å². The van der Waals surface area contributed by atoms with Gasteiger partial charge in [0, 0.05) is 29.3 Å². The Hall–Kier alpha value is -2.09. The van der Waals surface area contributed by atoms with Crippen LogP contribution < -0.4 is 5.43 Å². The number of hydrogen-bond acceptors (Lipinski definition) is 3. The van der Waals surface area contributed by atoms with E-state index >= 15 is 0 Å². The average Bonchev–Trinajstić information content (AvgIpc) is 2.43. The van der Waals surface area contributed by atoms with Crippen LogP contribution in [-0.4, -0.2) is 25.8 Å². The molecule has 1 N–H and O–H groups in total. The lowest BCUT2D eigenvalue weighted by Crippen LogP contribution is -2.36. The van der Waals surface area contributed by atoms with Gasteiger partial charge >= 0.3 is 6.18 Å². The van der Waals surface area contributed by atoms with Gasteiger partial charge in [0.25, 0.3) is 0 Å². The summed E-state index contributed by atoms with van der Waals surface area (Å²) >= 11 is 0. The molecule has 0 saturated carbocycles. The Morgan fingerprint density at radius 1 is 1.04 bits per heavy atom. The quantitative estimate of drug-likeness (QED) is 0.869. The first kappa shape index (κ1) is 20.2. The van der Waals surface area contributed by atoms with E-state index in [-0.39, 0.29) is 16.2 Å². The fraction of sp³-hybridized carbons (Fsp3) is 0.389. The lowest BCUT2D eigenvalue weighted by molar-refractivity contribution is -0.180. The fourth-order valence-corrected chi connectivity index (χ4v) is 3.83. The van der Waals surface area contributed by atoms with Gasteiger partial charge in [-0.2, -0.15) is 13.2 Å². The van der Waals surface area contributed by atoms with Gasteiger partial charge in [-0.25, -0.2) is 8.42 Å². The van der Waals surface area contributed by atoms with Crippen LogP contribution in [0.1, 0.15) is 30.7 Å². The van der Waals surface area contributed by atoms with Gasteiger partial charge in [-0.05, 0) is 38.8 Å². The van der Waals surface area contributed by atoms with Gasteiger partial charge in [0.15, 0.2) is 9.84 Å². The van der Waals surface area contributed by atoms with Crippen LogP contribution in [0.15, 0.2) is 34.0 Å². The number of aromatic nitrogens is 1. The zero-order valence-electron chi connectivity index (χ0n) is 15.1. The lowest BCUT2D eigenvalue weighted by Gasteiger charge is -2.29. The van der Waals surface area contributed by atoms with Gasteiger partial charge in [-0.1, -0.05) is 18.2 Å².